The van der Waals surface area contributed by atoms with Crippen LogP contribution in [0.4, 0.5) is 11.5 Å². The first-order valence-corrected chi connectivity index (χ1v) is 11.8. The molecule has 0 saturated heterocycles. The highest BCUT2D eigenvalue weighted by Crippen LogP contribution is 2.47. The fraction of sp³-hybridized carbons (Fsp3) is 0.214. The standard InChI is InChI=1S/C28H22N4O4/c29-16-28(11-12-28)19-4-1-3-18(13-19)27(34)30-20-5-2-6-21(14-20)35-22-9-10-23-24(15-22)36-32-25(23)31-26(33)17-7-8-17/h1-6,9-10,13-15,17H,7-8,11-12H2,(H,30,34)(H,31,32,33). The lowest BCUT2D eigenvalue weighted by Gasteiger charge is -2.11. The number of hydrogen-bond donors (Lipinski definition) is 2. The Balaban J connectivity index is 1.15. The van der Waals surface area contributed by atoms with Crippen LogP contribution in [0.1, 0.15) is 41.6 Å². The molecular weight excluding hydrogens is 456 g/mol. The number of amides is 2. The predicted molar refractivity (Wildman–Crippen MR) is 133 cm³/mol. The Morgan fingerprint density at radius 2 is 1.81 bits per heavy atom. The van der Waals surface area contributed by atoms with E-state index in [4.69, 9.17) is 9.26 Å². The molecule has 2 N–H and O–H groups in total. The summed E-state index contributed by atoms with van der Waals surface area (Å²) in [6.07, 6.45) is 3.47. The maximum Gasteiger partial charge on any atom is 0.255 e. The minimum atomic E-state index is -0.446. The number of anilines is 2. The topological polar surface area (TPSA) is 117 Å². The molecule has 0 radical (unpaired) electrons. The van der Waals surface area contributed by atoms with E-state index in [1.165, 1.54) is 0 Å². The smallest absolute Gasteiger partial charge is 0.255 e. The van der Waals surface area contributed by atoms with Crippen molar-refractivity contribution in [3.8, 4) is 17.6 Å². The van der Waals surface area contributed by atoms with E-state index in [0.717, 1.165) is 31.2 Å². The van der Waals surface area contributed by atoms with E-state index in [1.54, 1.807) is 54.6 Å². The molecule has 0 unspecified atom stereocenters. The molecule has 2 aliphatic carbocycles. The van der Waals surface area contributed by atoms with Crippen molar-refractivity contribution in [2.24, 2.45) is 5.92 Å². The first-order chi connectivity index (χ1) is 17.5. The summed E-state index contributed by atoms with van der Waals surface area (Å²) >= 11 is 0. The second kappa shape index (κ2) is 8.54. The number of aromatic nitrogens is 1. The average Bonchev–Trinajstić information content (AvgIpc) is 3.82. The number of nitriles is 1. The molecule has 0 spiro atoms. The normalized spacial score (nSPS) is 15.6. The lowest BCUT2D eigenvalue weighted by molar-refractivity contribution is -0.117. The minimum Gasteiger partial charge on any atom is -0.457 e. The fourth-order valence-electron chi connectivity index (χ4n) is 4.16. The van der Waals surface area contributed by atoms with Crippen molar-refractivity contribution in [3.63, 3.8) is 0 Å². The van der Waals surface area contributed by atoms with Gasteiger partial charge in [-0.2, -0.15) is 5.26 Å². The largest absolute Gasteiger partial charge is 0.457 e. The third kappa shape index (κ3) is 4.27. The molecule has 2 saturated carbocycles. The van der Waals surface area contributed by atoms with E-state index in [1.807, 2.05) is 12.1 Å². The highest BCUT2D eigenvalue weighted by atomic mass is 16.5. The van der Waals surface area contributed by atoms with E-state index in [9.17, 15) is 14.9 Å². The number of benzene rings is 3. The Kier molecular flexibility index (Phi) is 5.19. The van der Waals surface area contributed by atoms with E-state index in [-0.39, 0.29) is 17.7 Å². The highest BCUT2D eigenvalue weighted by Gasteiger charge is 2.45. The summed E-state index contributed by atoms with van der Waals surface area (Å²) in [4.78, 5) is 24.9. The molecule has 0 bridgehead atoms. The summed E-state index contributed by atoms with van der Waals surface area (Å²) in [5.41, 5.74) is 2.01. The maximum atomic E-state index is 12.9. The molecule has 2 fully saturated rings. The Bertz CT molecular complexity index is 1540. The van der Waals surface area contributed by atoms with E-state index in [2.05, 4.69) is 21.9 Å². The molecule has 3 aromatic carbocycles. The van der Waals surface area contributed by atoms with Gasteiger partial charge in [-0.25, -0.2) is 0 Å². The number of ether oxygens (including phenoxy) is 1. The molecule has 178 valence electrons. The van der Waals surface area contributed by atoms with Crippen molar-refractivity contribution in [1.29, 1.82) is 5.26 Å². The van der Waals surface area contributed by atoms with Gasteiger partial charge in [0.1, 0.15) is 11.5 Å². The van der Waals surface area contributed by atoms with Crippen molar-refractivity contribution < 1.29 is 18.8 Å². The molecule has 2 amide bonds. The van der Waals surface area contributed by atoms with Crippen LogP contribution in [0, 0.1) is 17.2 Å². The van der Waals surface area contributed by atoms with Gasteiger partial charge in [0.05, 0.1) is 16.9 Å². The Morgan fingerprint density at radius 3 is 2.58 bits per heavy atom. The van der Waals surface area contributed by atoms with Gasteiger partial charge in [-0.3, -0.25) is 9.59 Å². The third-order valence-corrected chi connectivity index (χ3v) is 6.60. The number of carbonyl (C=O) groups excluding carboxylic acids is 2. The lowest BCUT2D eigenvalue weighted by Crippen LogP contribution is -2.13. The van der Waals surface area contributed by atoms with E-state index >= 15 is 0 Å². The molecule has 2 aliphatic rings. The molecule has 1 heterocycles. The predicted octanol–water partition coefficient (Wildman–Crippen LogP) is 5.78. The summed E-state index contributed by atoms with van der Waals surface area (Å²) < 4.78 is 11.4. The van der Waals surface area contributed by atoms with Crippen LogP contribution in [0.5, 0.6) is 11.5 Å². The second-order valence-electron chi connectivity index (χ2n) is 9.31. The van der Waals surface area contributed by atoms with Gasteiger partial charge in [-0.1, -0.05) is 23.4 Å². The minimum absolute atomic E-state index is 0.0341. The third-order valence-electron chi connectivity index (χ3n) is 6.60. The van der Waals surface area contributed by atoms with Gasteiger partial charge < -0.3 is 19.9 Å². The van der Waals surface area contributed by atoms with Crippen LogP contribution >= 0.6 is 0 Å². The average molecular weight is 479 g/mol. The van der Waals surface area contributed by atoms with Crippen molar-refractivity contribution in [2.75, 3.05) is 10.6 Å². The van der Waals surface area contributed by atoms with Gasteiger partial charge in [0.25, 0.3) is 5.91 Å². The maximum absolute atomic E-state index is 12.9. The number of fused-ring (bicyclic) bond motifs is 1. The van der Waals surface area contributed by atoms with E-state index in [0.29, 0.717) is 39.5 Å². The van der Waals surface area contributed by atoms with Crippen LogP contribution in [0.15, 0.2) is 71.3 Å². The van der Waals surface area contributed by atoms with Crippen molar-refractivity contribution in [2.45, 2.75) is 31.1 Å². The molecule has 8 nitrogen and oxygen atoms in total. The van der Waals surface area contributed by atoms with Crippen LogP contribution in [0.25, 0.3) is 11.0 Å². The van der Waals surface area contributed by atoms with Crippen molar-refractivity contribution in [3.05, 3.63) is 77.9 Å². The molecule has 8 heteroatoms. The zero-order valence-electron chi connectivity index (χ0n) is 19.3. The monoisotopic (exact) mass is 478 g/mol. The number of carbonyl (C=O) groups is 2. The molecule has 0 aliphatic heterocycles. The van der Waals surface area contributed by atoms with Gasteiger partial charge in [0.15, 0.2) is 11.4 Å². The molecular formula is C28H22N4O4. The summed E-state index contributed by atoms with van der Waals surface area (Å²) in [7, 11) is 0. The van der Waals surface area contributed by atoms with Gasteiger partial charge in [-0.05, 0) is 67.6 Å². The van der Waals surface area contributed by atoms with Crippen LogP contribution in [0.3, 0.4) is 0 Å². The number of rotatable bonds is 7. The molecule has 4 aromatic rings. The number of nitrogens with zero attached hydrogens (tertiary/aromatic N) is 2. The SMILES string of the molecule is N#CC1(c2cccc(C(=O)Nc3cccc(Oc4ccc5c(NC(=O)C6CC6)noc5c4)c3)c2)CC1. The van der Waals surface area contributed by atoms with Crippen LogP contribution < -0.4 is 15.4 Å². The van der Waals surface area contributed by atoms with Crippen molar-refractivity contribution in [1.82, 2.24) is 5.16 Å². The van der Waals surface area contributed by atoms with Crippen LogP contribution in [-0.2, 0) is 10.2 Å². The lowest BCUT2D eigenvalue weighted by atomic mass is 9.96. The molecule has 1 aromatic heterocycles. The highest BCUT2D eigenvalue weighted by molar-refractivity contribution is 6.04. The fourth-order valence-corrected chi connectivity index (χ4v) is 4.16. The summed E-state index contributed by atoms with van der Waals surface area (Å²) in [6, 6.07) is 21.9. The van der Waals surface area contributed by atoms with Gasteiger partial charge in [-0.15, -0.1) is 0 Å². The first kappa shape index (κ1) is 21.9. The zero-order valence-corrected chi connectivity index (χ0v) is 19.3. The zero-order chi connectivity index (χ0) is 24.7. The van der Waals surface area contributed by atoms with E-state index < -0.39 is 5.41 Å². The quantitative estimate of drug-likeness (QED) is 0.348. The molecule has 0 atom stereocenters. The second-order valence-corrected chi connectivity index (χ2v) is 9.31. The van der Waals surface area contributed by atoms with Crippen LogP contribution in [0.2, 0.25) is 0 Å². The van der Waals surface area contributed by atoms with Crippen molar-refractivity contribution >= 4 is 34.3 Å². The summed E-state index contributed by atoms with van der Waals surface area (Å²) in [5, 5.41) is 19.8. The Morgan fingerprint density at radius 1 is 1.00 bits per heavy atom. The van der Waals surface area contributed by atoms with Gasteiger partial charge >= 0.3 is 0 Å². The Hall–Kier alpha value is -4.64. The summed E-state index contributed by atoms with van der Waals surface area (Å²) in [6.45, 7) is 0. The van der Waals surface area contributed by atoms with Gasteiger partial charge in [0.2, 0.25) is 5.91 Å². The van der Waals surface area contributed by atoms with Crippen LogP contribution in [-0.4, -0.2) is 17.0 Å². The number of hydrogen-bond acceptors (Lipinski definition) is 6. The Labute approximate surface area is 206 Å². The first-order valence-electron chi connectivity index (χ1n) is 11.8. The summed E-state index contributed by atoms with van der Waals surface area (Å²) in [5.74, 6) is 1.25. The molecule has 36 heavy (non-hydrogen) atoms. The number of nitrogens with one attached hydrogen (secondary N) is 2. The van der Waals surface area contributed by atoms with Gasteiger partial charge in [0, 0.05) is 29.3 Å². The molecule has 6 rings (SSSR count).